The zero-order valence-electron chi connectivity index (χ0n) is 26.7. The first-order chi connectivity index (χ1) is 24.3. The standard InChI is InChI=1S/C35H32I4O11S/c36-23-13-17(33(40)41)14-24(37)31(23)48-10-12-50-35(43)30-28-21-7-3-1-5-19(21)27(20-6-2-4-8-22(20)28)29(30)34(42)49-11-9-47-18-15-25(38)32(26(39)16-18)51(44,45)46/h1,3,5,7,13-16,20,22,27-30H,2,4,6,8-12H2,(H,40,41)(H,44,45,46)/p-2. The molecule has 0 aliphatic heterocycles. The molecule has 11 nitrogen and oxygen atoms in total. The highest BCUT2D eigenvalue weighted by atomic mass is 127. The Kier molecular flexibility index (Phi) is 12.7. The predicted molar refractivity (Wildman–Crippen MR) is 213 cm³/mol. The third kappa shape index (κ3) is 8.29. The second kappa shape index (κ2) is 16.5. The Morgan fingerprint density at radius 1 is 0.706 bits per heavy atom. The van der Waals surface area contributed by atoms with Crippen LogP contribution in [0.25, 0.3) is 0 Å². The van der Waals surface area contributed by atoms with Crippen molar-refractivity contribution in [1.29, 1.82) is 0 Å². The fourth-order valence-corrected chi connectivity index (χ4v) is 14.1. The molecule has 3 aromatic carbocycles. The van der Waals surface area contributed by atoms with Crippen molar-refractivity contribution < 1.29 is 51.4 Å². The van der Waals surface area contributed by atoms with E-state index in [2.05, 4.69) is 12.1 Å². The van der Waals surface area contributed by atoms with E-state index < -0.39 is 39.9 Å². The molecule has 0 saturated heterocycles. The van der Waals surface area contributed by atoms with Crippen molar-refractivity contribution in [3.8, 4) is 11.5 Å². The molecular weight excluding hydrogens is 1140 g/mol. The van der Waals surface area contributed by atoms with Gasteiger partial charge < -0.3 is 33.4 Å². The van der Waals surface area contributed by atoms with Gasteiger partial charge in [0.25, 0.3) is 0 Å². The van der Waals surface area contributed by atoms with Crippen molar-refractivity contribution in [3.63, 3.8) is 0 Å². The molecule has 0 spiro atoms. The summed E-state index contributed by atoms with van der Waals surface area (Å²) in [6.07, 6.45) is 4.04. The van der Waals surface area contributed by atoms with Crippen LogP contribution in [-0.2, 0) is 29.2 Å². The van der Waals surface area contributed by atoms with Gasteiger partial charge in [0.05, 0.1) is 29.8 Å². The Hall–Kier alpha value is -1.50. The van der Waals surface area contributed by atoms with E-state index in [1.807, 2.05) is 57.3 Å². The molecule has 2 fully saturated rings. The summed E-state index contributed by atoms with van der Waals surface area (Å²) < 4.78 is 59.8. The molecule has 0 N–H and O–H groups in total. The van der Waals surface area contributed by atoms with E-state index in [0.29, 0.717) is 18.6 Å². The monoisotopic (exact) mass is 1170 g/mol. The van der Waals surface area contributed by atoms with Crippen molar-refractivity contribution in [2.24, 2.45) is 23.7 Å². The molecule has 4 aliphatic carbocycles. The van der Waals surface area contributed by atoms with Crippen LogP contribution in [0.15, 0.2) is 53.4 Å². The van der Waals surface area contributed by atoms with E-state index in [0.717, 1.165) is 36.8 Å². The number of hydrogen-bond donors (Lipinski definition) is 0. The summed E-state index contributed by atoms with van der Waals surface area (Å²) in [6, 6.07) is 13.8. The van der Waals surface area contributed by atoms with Gasteiger partial charge in [-0.15, -0.1) is 0 Å². The Bertz CT molecular complexity index is 1920. The third-order valence-corrected chi connectivity index (χ3v) is 14.8. The largest absolute Gasteiger partial charge is 0.744 e. The minimum atomic E-state index is -4.66. The number of aromatic carboxylic acids is 1. The lowest BCUT2D eigenvalue weighted by Crippen LogP contribution is -2.55. The van der Waals surface area contributed by atoms with E-state index >= 15 is 0 Å². The second-order valence-electron chi connectivity index (χ2n) is 12.6. The van der Waals surface area contributed by atoms with Crippen molar-refractivity contribution in [1.82, 2.24) is 0 Å². The molecule has 0 heterocycles. The second-order valence-corrected chi connectivity index (χ2v) is 18.6. The Morgan fingerprint density at radius 3 is 1.63 bits per heavy atom. The number of fused-ring (bicyclic) bond motifs is 1. The quantitative estimate of drug-likeness (QED) is 0.0924. The fraction of sp³-hybridized carbons (Fsp3) is 0.400. The minimum absolute atomic E-state index is 0.0257. The van der Waals surface area contributed by atoms with Crippen LogP contribution in [0.3, 0.4) is 0 Å². The van der Waals surface area contributed by atoms with Crippen LogP contribution < -0.4 is 14.6 Å². The average molecular weight is 1170 g/mol. The summed E-state index contributed by atoms with van der Waals surface area (Å²) in [6.45, 7) is -0.186. The van der Waals surface area contributed by atoms with Crippen molar-refractivity contribution in [2.45, 2.75) is 42.4 Å². The first-order valence-electron chi connectivity index (χ1n) is 16.1. The molecule has 0 radical (unpaired) electrons. The SMILES string of the molecule is O=C([O-])c1cc(I)c(OCCOC(=O)C2C(C(=O)OCCOc3cc(I)c(S(=O)(=O)[O-])c(I)c3)C3c4ccccc4C2C2CCCCC23)c(I)c1. The van der Waals surface area contributed by atoms with Gasteiger partial charge in [-0.1, -0.05) is 37.1 Å². The van der Waals surface area contributed by atoms with Gasteiger partial charge in [0.15, 0.2) is 0 Å². The van der Waals surface area contributed by atoms with Crippen LogP contribution in [0.4, 0.5) is 0 Å². The van der Waals surface area contributed by atoms with Crippen LogP contribution >= 0.6 is 90.4 Å². The van der Waals surface area contributed by atoms with E-state index in [9.17, 15) is 32.5 Å². The van der Waals surface area contributed by atoms with Crippen LogP contribution in [0.5, 0.6) is 11.5 Å². The molecule has 272 valence electrons. The minimum Gasteiger partial charge on any atom is -0.744 e. The van der Waals surface area contributed by atoms with Gasteiger partial charge in [-0.25, -0.2) is 8.42 Å². The van der Waals surface area contributed by atoms with Gasteiger partial charge in [0.1, 0.15) is 48.0 Å². The zero-order valence-corrected chi connectivity index (χ0v) is 36.1. The van der Waals surface area contributed by atoms with Gasteiger partial charge in [0, 0.05) is 19.0 Å². The third-order valence-electron chi connectivity index (χ3n) is 9.84. The number of carboxylic acids is 1. The lowest BCUT2D eigenvalue weighted by Gasteiger charge is -2.57. The van der Waals surface area contributed by atoms with Crippen molar-refractivity contribution in [2.75, 3.05) is 26.4 Å². The number of rotatable bonds is 12. The normalized spacial score (nSPS) is 23.5. The molecule has 16 heteroatoms. The number of carboxylic acid groups (broad SMARTS) is 1. The van der Waals surface area contributed by atoms with E-state index in [1.165, 1.54) is 24.3 Å². The maximum Gasteiger partial charge on any atom is 0.310 e. The number of hydrogen-bond acceptors (Lipinski definition) is 11. The molecule has 2 saturated carbocycles. The summed E-state index contributed by atoms with van der Waals surface area (Å²) in [5, 5.41) is 11.3. The summed E-state index contributed by atoms with van der Waals surface area (Å²) in [7, 11) is -4.66. The highest BCUT2D eigenvalue weighted by molar-refractivity contribution is 14.1. The molecule has 51 heavy (non-hydrogen) atoms. The molecule has 0 aromatic heterocycles. The molecular formula is C35H30I4O11S-2. The lowest BCUT2D eigenvalue weighted by molar-refractivity contribution is -0.255. The maximum absolute atomic E-state index is 14.1. The van der Waals surface area contributed by atoms with Crippen LogP contribution in [0, 0.1) is 38.0 Å². The smallest absolute Gasteiger partial charge is 0.310 e. The van der Waals surface area contributed by atoms with Crippen LogP contribution in [0.1, 0.15) is 59.0 Å². The Morgan fingerprint density at radius 2 is 1.18 bits per heavy atom. The van der Waals surface area contributed by atoms with Gasteiger partial charge >= 0.3 is 11.9 Å². The summed E-state index contributed by atoms with van der Waals surface area (Å²) in [5.74, 6) is -2.95. The van der Waals surface area contributed by atoms with E-state index in [4.69, 9.17) is 18.9 Å². The number of esters is 2. The summed E-state index contributed by atoms with van der Waals surface area (Å²) in [4.78, 5) is 39.1. The summed E-state index contributed by atoms with van der Waals surface area (Å²) >= 11 is 7.51. The number of ether oxygens (including phenoxy) is 4. The Labute approximate surface area is 349 Å². The van der Waals surface area contributed by atoms with Crippen LogP contribution in [0.2, 0.25) is 0 Å². The highest BCUT2D eigenvalue weighted by Crippen LogP contribution is 2.64. The van der Waals surface area contributed by atoms with Crippen LogP contribution in [-0.4, -0.2) is 57.3 Å². The zero-order chi connectivity index (χ0) is 36.6. The molecule has 0 amide bonds. The maximum atomic E-state index is 14.1. The number of halogens is 4. The molecule has 6 atom stereocenters. The number of benzene rings is 3. The van der Waals surface area contributed by atoms with Gasteiger partial charge in [-0.2, -0.15) is 0 Å². The average Bonchev–Trinajstić information content (AvgIpc) is 3.07. The van der Waals surface area contributed by atoms with Gasteiger partial charge in [-0.05, 0) is 156 Å². The van der Waals surface area contributed by atoms with Crippen molar-refractivity contribution >= 4 is 118 Å². The molecule has 3 aromatic rings. The Balaban J connectivity index is 1.17. The van der Waals surface area contributed by atoms with E-state index in [1.54, 1.807) is 45.2 Å². The number of carbonyl (C=O) groups excluding carboxylic acids is 3. The predicted octanol–water partition coefficient (Wildman–Crippen LogP) is 5.85. The summed E-state index contributed by atoms with van der Waals surface area (Å²) in [5.41, 5.74) is 2.21. The molecule has 4 aliphatic rings. The molecule has 2 bridgehead atoms. The topological polar surface area (TPSA) is 168 Å². The highest BCUT2D eigenvalue weighted by Gasteiger charge is 2.61. The van der Waals surface area contributed by atoms with E-state index in [-0.39, 0.29) is 67.7 Å². The molecule has 7 rings (SSSR count). The first-order valence-corrected chi connectivity index (χ1v) is 21.8. The molecule has 6 unspecified atom stereocenters. The fourth-order valence-electron chi connectivity index (χ4n) is 8.07. The first kappa shape index (κ1) is 39.2. The van der Waals surface area contributed by atoms with Gasteiger partial charge in [-0.3, -0.25) is 9.59 Å². The number of carbonyl (C=O) groups is 3. The van der Waals surface area contributed by atoms with Crippen molar-refractivity contribution in [3.05, 3.63) is 79.5 Å². The van der Waals surface area contributed by atoms with Gasteiger partial charge in [0.2, 0.25) is 0 Å². The lowest BCUT2D eigenvalue weighted by atomic mass is 9.46.